The van der Waals surface area contributed by atoms with E-state index in [0.29, 0.717) is 18.8 Å². The van der Waals surface area contributed by atoms with Gasteiger partial charge in [0.2, 0.25) is 0 Å². The average molecular weight is 389 g/mol. The maximum Gasteiger partial charge on any atom is 0.272 e. The van der Waals surface area contributed by atoms with Crippen LogP contribution in [0, 0.1) is 13.8 Å². The van der Waals surface area contributed by atoms with E-state index in [1.165, 1.54) is 11.3 Å². The smallest absolute Gasteiger partial charge is 0.272 e. The molecule has 5 nitrogen and oxygen atoms in total. The van der Waals surface area contributed by atoms with Crippen molar-refractivity contribution < 1.29 is 4.79 Å². The Hall–Kier alpha value is -3.08. The monoisotopic (exact) mass is 388 g/mol. The van der Waals surface area contributed by atoms with Gasteiger partial charge in [-0.2, -0.15) is 5.10 Å². The van der Waals surface area contributed by atoms with Gasteiger partial charge in [-0.1, -0.05) is 31.2 Å². The second-order valence-corrected chi connectivity index (χ2v) is 7.72. The highest BCUT2D eigenvalue weighted by Gasteiger charge is 2.25. The molecule has 3 aromatic rings. The van der Waals surface area contributed by atoms with Crippen molar-refractivity contribution in [1.29, 1.82) is 0 Å². The normalized spacial score (nSPS) is 14.3. The highest BCUT2D eigenvalue weighted by atomic mass is 16.2. The fourth-order valence-electron chi connectivity index (χ4n) is 3.91. The molecule has 0 radical (unpaired) electrons. The van der Waals surface area contributed by atoms with Gasteiger partial charge in [-0.05, 0) is 61.7 Å². The van der Waals surface area contributed by atoms with Crippen LogP contribution in [0.4, 0.5) is 5.69 Å². The Kier molecular flexibility index (Phi) is 5.38. The molecule has 4 rings (SSSR count). The van der Waals surface area contributed by atoms with Crippen molar-refractivity contribution in [3.8, 4) is 5.69 Å². The topological polar surface area (TPSA) is 41.4 Å². The van der Waals surface area contributed by atoms with E-state index in [0.717, 1.165) is 36.5 Å². The average Bonchev–Trinajstić information content (AvgIpc) is 3.15. The molecule has 2 heterocycles. The second kappa shape index (κ2) is 8.11. The lowest BCUT2D eigenvalue weighted by Crippen LogP contribution is -2.49. The SMILES string of the molecule is CCc1cccc(N2CCN(C(=O)c3cc(C)nn3-c3cccc(C)c3)CC2)c1. The molecule has 29 heavy (non-hydrogen) atoms. The van der Waals surface area contributed by atoms with Crippen molar-refractivity contribution >= 4 is 11.6 Å². The van der Waals surface area contributed by atoms with Crippen LogP contribution in [0.25, 0.3) is 5.69 Å². The maximum atomic E-state index is 13.3. The van der Waals surface area contributed by atoms with Gasteiger partial charge in [0.15, 0.2) is 0 Å². The molecule has 0 saturated carbocycles. The summed E-state index contributed by atoms with van der Waals surface area (Å²) in [6.07, 6.45) is 1.04. The van der Waals surface area contributed by atoms with Crippen LogP contribution in [0.1, 0.15) is 34.2 Å². The predicted molar refractivity (Wildman–Crippen MR) is 117 cm³/mol. The summed E-state index contributed by atoms with van der Waals surface area (Å²) in [5.41, 5.74) is 6.16. The molecule has 0 aliphatic carbocycles. The molecule has 0 spiro atoms. The van der Waals surface area contributed by atoms with Crippen LogP contribution in [-0.2, 0) is 6.42 Å². The molecule has 0 N–H and O–H groups in total. The van der Waals surface area contributed by atoms with Crippen LogP contribution >= 0.6 is 0 Å². The Bertz CT molecular complexity index is 1020. The zero-order valence-corrected chi connectivity index (χ0v) is 17.4. The van der Waals surface area contributed by atoms with E-state index in [9.17, 15) is 4.79 Å². The molecule has 1 saturated heterocycles. The molecule has 150 valence electrons. The van der Waals surface area contributed by atoms with Gasteiger partial charge in [-0.3, -0.25) is 4.79 Å². The van der Waals surface area contributed by atoms with Crippen LogP contribution < -0.4 is 4.90 Å². The van der Waals surface area contributed by atoms with Crippen LogP contribution in [0.5, 0.6) is 0 Å². The summed E-state index contributed by atoms with van der Waals surface area (Å²) in [6, 6.07) is 18.7. The number of hydrogen-bond acceptors (Lipinski definition) is 3. The van der Waals surface area contributed by atoms with Crippen molar-refractivity contribution in [3.05, 3.63) is 77.1 Å². The minimum absolute atomic E-state index is 0.0501. The number of benzene rings is 2. The molecule has 1 fully saturated rings. The third-order valence-electron chi connectivity index (χ3n) is 5.55. The van der Waals surface area contributed by atoms with Gasteiger partial charge in [0.05, 0.1) is 11.4 Å². The molecule has 1 aliphatic heterocycles. The number of amides is 1. The lowest BCUT2D eigenvalue weighted by molar-refractivity contribution is 0.0737. The Morgan fingerprint density at radius 2 is 1.66 bits per heavy atom. The van der Waals surface area contributed by atoms with Gasteiger partial charge in [-0.25, -0.2) is 4.68 Å². The Balaban J connectivity index is 1.50. The van der Waals surface area contributed by atoms with E-state index in [-0.39, 0.29) is 5.91 Å². The second-order valence-electron chi connectivity index (χ2n) is 7.72. The molecule has 1 aromatic heterocycles. The zero-order chi connectivity index (χ0) is 20.4. The Morgan fingerprint density at radius 3 is 2.38 bits per heavy atom. The van der Waals surface area contributed by atoms with E-state index < -0.39 is 0 Å². The molecule has 0 unspecified atom stereocenters. The summed E-state index contributed by atoms with van der Waals surface area (Å²) in [5.74, 6) is 0.0501. The Labute approximate surface area is 172 Å². The van der Waals surface area contributed by atoms with E-state index in [1.54, 1.807) is 4.68 Å². The number of piperazine rings is 1. The number of nitrogens with zero attached hydrogens (tertiary/aromatic N) is 4. The number of carbonyl (C=O) groups is 1. The van der Waals surface area contributed by atoms with Gasteiger partial charge >= 0.3 is 0 Å². The minimum atomic E-state index is 0.0501. The van der Waals surface area contributed by atoms with Gasteiger partial charge in [0.1, 0.15) is 5.69 Å². The van der Waals surface area contributed by atoms with E-state index in [2.05, 4.69) is 47.3 Å². The summed E-state index contributed by atoms with van der Waals surface area (Å²) in [4.78, 5) is 17.6. The van der Waals surface area contributed by atoms with E-state index in [4.69, 9.17) is 0 Å². The molecule has 1 amide bonds. The van der Waals surface area contributed by atoms with Gasteiger partial charge < -0.3 is 9.80 Å². The lowest BCUT2D eigenvalue weighted by Gasteiger charge is -2.36. The van der Waals surface area contributed by atoms with Gasteiger partial charge in [-0.15, -0.1) is 0 Å². The molecule has 0 bridgehead atoms. The van der Waals surface area contributed by atoms with Gasteiger partial charge in [0, 0.05) is 31.9 Å². The summed E-state index contributed by atoms with van der Waals surface area (Å²) < 4.78 is 1.78. The first-order valence-corrected chi connectivity index (χ1v) is 10.3. The summed E-state index contributed by atoms with van der Waals surface area (Å²) >= 11 is 0. The fraction of sp³-hybridized carbons (Fsp3) is 0.333. The zero-order valence-electron chi connectivity index (χ0n) is 17.4. The van der Waals surface area contributed by atoms with Crippen LogP contribution in [-0.4, -0.2) is 46.8 Å². The molecule has 1 aliphatic rings. The summed E-state index contributed by atoms with van der Waals surface area (Å²) in [6.45, 7) is 9.28. The molecular formula is C24H28N4O. The fourth-order valence-corrected chi connectivity index (χ4v) is 3.91. The summed E-state index contributed by atoms with van der Waals surface area (Å²) in [7, 11) is 0. The third-order valence-corrected chi connectivity index (χ3v) is 5.55. The first-order valence-electron chi connectivity index (χ1n) is 10.3. The van der Waals surface area contributed by atoms with Crippen LogP contribution in [0.3, 0.4) is 0 Å². The molecule has 5 heteroatoms. The largest absolute Gasteiger partial charge is 0.368 e. The third kappa shape index (κ3) is 4.04. The van der Waals surface area contributed by atoms with E-state index >= 15 is 0 Å². The highest BCUT2D eigenvalue weighted by Crippen LogP contribution is 2.21. The number of aryl methyl sites for hydroxylation is 3. The first kappa shape index (κ1) is 19.2. The quantitative estimate of drug-likeness (QED) is 0.678. The van der Waals surface area contributed by atoms with Crippen molar-refractivity contribution in [3.63, 3.8) is 0 Å². The number of rotatable bonds is 4. The predicted octanol–water partition coefficient (Wildman–Crippen LogP) is 4.01. The van der Waals surface area contributed by atoms with Gasteiger partial charge in [0.25, 0.3) is 5.91 Å². The number of anilines is 1. The highest BCUT2D eigenvalue weighted by molar-refractivity contribution is 5.93. The number of aromatic nitrogens is 2. The standard InChI is InChI=1S/C24H28N4O/c1-4-20-8-6-9-21(17-20)26-11-13-27(14-12-26)24(29)23-16-19(3)25-28(23)22-10-5-7-18(2)15-22/h5-10,15-17H,4,11-14H2,1-3H3. The van der Waals surface area contributed by atoms with E-state index in [1.807, 2.05) is 43.0 Å². The molecular weight excluding hydrogens is 360 g/mol. The lowest BCUT2D eigenvalue weighted by atomic mass is 10.1. The summed E-state index contributed by atoms with van der Waals surface area (Å²) in [5, 5.41) is 4.58. The Morgan fingerprint density at radius 1 is 0.931 bits per heavy atom. The molecule has 0 atom stereocenters. The molecule has 2 aromatic carbocycles. The minimum Gasteiger partial charge on any atom is -0.368 e. The van der Waals surface area contributed by atoms with Crippen molar-refractivity contribution in [1.82, 2.24) is 14.7 Å². The maximum absolute atomic E-state index is 13.3. The van der Waals surface area contributed by atoms with Crippen LogP contribution in [0.15, 0.2) is 54.6 Å². The van der Waals surface area contributed by atoms with Crippen molar-refractivity contribution in [2.45, 2.75) is 27.2 Å². The number of carbonyl (C=O) groups excluding carboxylic acids is 1. The number of hydrogen-bond donors (Lipinski definition) is 0. The van der Waals surface area contributed by atoms with Crippen LogP contribution in [0.2, 0.25) is 0 Å². The van der Waals surface area contributed by atoms with Crippen molar-refractivity contribution in [2.24, 2.45) is 0 Å². The first-order chi connectivity index (χ1) is 14.0. The van der Waals surface area contributed by atoms with Crippen molar-refractivity contribution in [2.75, 3.05) is 31.1 Å².